The first-order valence-corrected chi connectivity index (χ1v) is 2.22. The van der Waals surface area contributed by atoms with Crippen molar-refractivity contribution < 1.29 is 9.47 Å². The minimum Gasteiger partial charge on any atom is -0.406 e. The van der Waals surface area contributed by atoms with E-state index in [9.17, 15) is 0 Å². The van der Waals surface area contributed by atoms with Crippen molar-refractivity contribution >= 4 is 0 Å². The van der Waals surface area contributed by atoms with Crippen molar-refractivity contribution in [3.8, 4) is 0 Å². The average molecular weight is 132 g/mol. The van der Waals surface area contributed by atoms with Gasteiger partial charge in [0.25, 0.3) is 11.8 Å². The van der Waals surface area contributed by atoms with E-state index in [1.54, 1.807) is 0 Å². The van der Waals surface area contributed by atoms with Crippen LogP contribution in [-0.2, 0) is 9.47 Å². The summed E-state index contributed by atoms with van der Waals surface area (Å²) in [6, 6.07) is -1.69. The number of hydrogen-bond acceptors (Lipinski definition) is 6. The molecule has 0 aromatic rings. The fourth-order valence-electron chi connectivity index (χ4n) is 0.465. The smallest absolute Gasteiger partial charge is 0.379 e. The van der Waals surface area contributed by atoms with Crippen LogP contribution in [0, 0.1) is 0 Å². The summed E-state index contributed by atoms with van der Waals surface area (Å²) in [6.07, 6.45) is 0. The zero-order valence-electron chi connectivity index (χ0n) is 4.63. The Morgan fingerprint density at radius 1 is 1.00 bits per heavy atom. The van der Waals surface area contributed by atoms with Gasteiger partial charge in [0.15, 0.2) is 0 Å². The van der Waals surface area contributed by atoms with Crippen molar-refractivity contribution in [2.24, 2.45) is 22.9 Å². The third-order valence-corrected chi connectivity index (χ3v) is 0.782. The summed E-state index contributed by atoms with van der Waals surface area (Å²) in [6.45, 7) is 0. The minimum atomic E-state index is -1.69. The molecule has 1 rings (SSSR count). The summed E-state index contributed by atoms with van der Waals surface area (Å²) in [5.74, 6) is -0.167. The quantitative estimate of drug-likeness (QED) is 0.273. The summed E-state index contributed by atoms with van der Waals surface area (Å²) in [5.41, 5.74) is 20.4. The molecule has 6 nitrogen and oxygen atoms in total. The predicted molar refractivity (Wildman–Crippen MR) is 28.7 cm³/mol. The number of ether oxygens (including phenoxy) is 2. The molecule has 0 saturated heterocycles. The van der Waals surface area contributed by atoms with Crippen LogP contribution in [0.25, 0.3) is 0 Å². The third-order valence-electron chi connectivity index (χ3n) is 0.782. The maximum Gasteiger partial charge on any atom is 0.379 e. The molecule has 0 unspecified atom stereocenters. The van der Waals surface area contributed by atoms with Gasteiger partial charge in [-0.1, -0.05) is 0 Å². The van der Waals surface area contributed by atoms with Crippen LogP contribution in [0.15, 0.2) is 11.8 Å². The zero-order valence-corrected chi connectivity index (χ0v) is 4.63. The van der Waals surface area contributed by atoms with E-state index in [-0.39, 0.29) is 11.8 Å². The molecule has 0 bridgehead atoms. The van der Waals surface area contributed by atoms with Crippen LogP contribution in [0.5, 0.6) is 0 Å². The Morgan fingerprint density at radius 2 is 1.33 bits per heavy atom. The summed E-state index contributed by atoms with van der Waals surface area (Å²) in [7, 11) is 0. The fraction of sp³-hybridized carbons (Fsp3) is 0.333. The Kier molecular flexibility index (Phi) is 0.948. The second kappa shape index (κ2) is 1.42. The maximum atomic E-state index is 5.10. The van der Waals surface area contributed by atoms with Crippen molar-refractivity contribution in [3.63, 3.8) is 0 Å². The molecule has 0 radical (unpaired) electrons. The molecule has 0 aromatic carbocycles. The molecule has 0 amide bonds. The normalized spacial score (nSPS) is 23.3. The van der Waals surface area contributed by atoms with Crippen LogP contribution in [0.1, 0.15) is 0 Å². The lowest BCUT2D eigenvalue weighted by Gasteiger charge is -2.15. The Morgan fingerprint density at radius 3 is 1.44 bits per heavy atom. The van der Waals surface area contributed by atoms with E-state index in [4.69, 9.17) is 22.9 Å². The highest BCUT2D eigenvalue weighted by atomic mass is 16.8. The van der Waals surface area contributed by atoms with E-state index in [0.717, 1.165) is 0 Å². The first-order chi connectivity index (χ1) is 4.01. The molecule has 52 valence electrons. The second-order valence-corrected chi connectivity index (χ2v) is 1.65. The van der Waals surface area contributed by atoms with Gasteiger partial charge in [0.05, 0.1) is 0 Å². The molecule has 0 spiro atoms. The van der Waals surface area contributed by atoms with Crippen molar-refractivity contribution in [1.29, 1.82) is 0 Å². The maximum absolute atomic E-state index is 5.10. The first-order valence-electron chi connectivity index (χ1n) is 2.22. The van der Waals surface area contributed by atoms with Gasteiger partial charge in [-0.3, -0.25) is 0 Å². The lowest BCUT2D eigenvalue weighted by atomic mass is 10.8. The molecule has 0 atom stereocenters. The number of nitrogens with two attached hydrogens (primary N) is 4. The molecule has 8 N–H and O–H groups in total. The van der Waals surface area contributed by atoms with Gasteiger partial charge < -0.3 is 20.9 Å². The van der Waals surface area contributed by atoms with Gasteiger partial charge >= 0.3 is 6.03 Å². The van der Waals surface area contributed by atoms with Crippen molar-refractivity contribution in [2.75, 3.05) is 0 Å². The van der Waals surface area contributed by atoms with Crippen LogP contribution in [0.4, 0.5) is 0 Å². The molecule has 1 aliphatic rings. The third kappa shape index (κ3) is 0.980. The SMILES string of the molecule is NC1=C(N)OC(N)(N)O1. The predicted octanol–water partition coefficient (Wildman–Crippen LogP) is -2.39. The Labute approximate surface area is 51.4 Å². The zero-order chi connectivity index (χ0) is 7.07. The average Bonchev–Trinajstić information content (AvgIpc) is 1.79. The van der Waals surface area contributed by atoms with Gasteiger partial charge in [0, 0.05) is 0 Å². The van der Waals surface area contributed by atoms with Gasteiger partial charge in [-0.15, -0.1) is 0 Å². The van der Waals surface area contributed by atoms with E-state index in [2.05, 4.69) is 9.47 Å². The van der Waals surface area contributed by atoms with E-state index in [1.165, 1.54) is 0 Å². The lowest BCUT2D eigenvalue weighted by Crippen LogP contribution is -2.51. The van der Waals surface area contributed by atoms with Crippen LogP contribution in [-0.4, -0.2) is 6.03 Å². The molecule has 0 aliphatic carbocycles. The summed E-state index contributed by atoms with van der Waals surface area (Å²) >= 11 is 0. The molecule has 1 aliphatic heterocycles. The monoisotopic (exact) mass is 132 g/mol. The highest BCUT2D eigenvalue weighted by molar-refractivity contribution is 4.98. The Balaban J connectivity index is 2.70. The molecule has 0 saturated carbocycles. The second-order valence-electron chi connectivity index (χ2n) is 1.65. The van der Waals surface area contributed by atoms with Crippen molar-refractivity contribution in [2.45, 2.75) is 6.03 Å². The standard InChI is InChI=1S/C3H8N4O2/c4-1-2(5)9-3(6,7)8-1/h4-7H2. The van der Waals surface area contributed by atoms with Crippen molar-refractivity contribution in [1.82, 2.24) is 0 Å². The molecular weight excluding hydrogens is 124 g/mol. The molecule has 9 heavy (non-hydrogen) atoms. The highest BCUT2D eigenvalue weighted by Crippen LogP contribution is 2.14. The van der Waals surface area contributed by atoms with Crippen molar-refractivity contribution in [3.05, 3.63) is 11.8 Å². The van der Waals surface area contributed by atoms with E-state index in [0.29, 0.717) is 0 Å². The largest absolute Gasteiger partial charge is 0.406 e. The van der Waals surface area contributed by atoms with Gasteiger partial charge in [0.2, 0.25) is 0 Å². The fourth-order valence-corrected chi connectivity index (χ4v) is 0.465. The van der Waals surface area contributed by atoms with E-state index < -0.39 is 6.03 Å². The lowest BCUT2D eigenvalue weighted by molar-refractivity contribution is -0.144. The minimum absolute atomic E-state index is 0.0833. The van der Waals surface area contributed by atoms with Gasteiger partial charge in [-0.25, -0.2) is 11.5 Å². The number of hydrogen-bond donors (Lipinski definition) is 4. The van der Waals surface area contributed by atoms with E-state index in [1.807, 2.05) is 0 Å². The number of rotatable bonds is 0. The van der Waals surface area contributed by atoms with Crippen LogP contribution < -0.4 is 22.9 Å². The Hall–Kier alpha value is -1.14. The molecule has 6 heteroatoms. The van der Waals surface area contributed by atoms with Gasteiger partial charge in [0.1, 0.15) is 0 Å². The first kappa shape index (κ1) is 5.99. The van der Waals surface area contributed by atoms with Gasteiger partial charge in [-0.05, 0) is 0 Å². The molecule has 1 heterocycles. The van der Waals surface area contributed by atoms with Crippen LogP contribution in [0.2, 0.25) is 0 Å². The van der Waals surface area contributed by atoms with Crippen LogP contribution in [0.3, 0.4) is 0 Å². The summed E-state index contributed by atoms with van der Waals surface area (Å²) < 4.78 is 9.05. The Bertz CT molecular complexity index is 147. The summed E-state index contributed by atoms with van der Waals surface area (Å²) in [5, 5.41) is 0. The topological polar surface area (TPSA) is 123 Å². The molecular formula is C3H8N4O2. The summed E-state index contributed by atoms with van der Waals surface area (Å²) in [4.78, 5) is 0. The molecule has 0 aromatic heterocycles. The van der Waals surface area contributed by atoms with Crippen LogP contribution >= 0.6 is 0 Å². The highest BCUT2D eigenvalue weighted by Gasteiger charge is 2.33. The van der Waals surface area contributed by atoms with E-state index >= 15 is 0 Å². The van der Waals surface area contributed by atoms with Gasteiger partial charge in [-0.2, -0.15) is 0 Å². The molecule has 0 fully saturated rings.